The fraction of sp³-hybridized carbons (Fsp3) is 0.375. The first-order valence-electron chi connectivity index (χ1n) is 7.65. The van der Waals surface area contributed by atoms with Crippen molar-refractivity contribution in [2.45, 2.75) is 6.42 Å². The second-order valence-corrected chi connectivity index (χ2v) is 6.40. The minimum Gasteiger partial charge on any atom is -0.508 e. The predicted octanol–water partition coefficient (Wildman–Crippen LogP) is 2.16. The van der Waals surface area contributed by atoms with E-state index in [0.717, 1.165) is 23.8 Å². The van der Waals surface area contributed by atoms with Crippen molar-refractivity contribution in [3.63, 3.8) is 0 Å². The van der Waals surface area contributed by atoms with Gasteiger partial charge in [-0.2, -0.15) is 0 Å². The number of phenolic OH excluding ortho intramolecular Hbond substituents is 1. The molecule has 0 unspecified atom stereocenters. The van der Waals surface area contributed by atoms with E-state index in [0.29, 0.717) is 31.7 Å². The Morgan fingerprint density at radius 2 is 1.80 bits per heavy atom. The van der Waals surface area contributed by atoms with Crippen LogP contribution >= 0.6 is 36.2 Å². The third kappa shape index (κ3) is 5.22. The molecule has 0 spiro atoms. The molecule has 2 heterocycles. The van der Waals surface area contributed by atoms with Crippen LogP contribution in [0, 0.1) is 0 Å². The van der Waals surface area contributed by atoms with Crippen LogP contribution in [0.3, 0.4) is 0 Å². The van der Waals surface area contributed by atoms with Crippen LogP contribution in [-0.2, 0) is 6.42 Å². The van der Waals surface area contributed by atoms with Crippen molar-refractivity contribution < 1.29 is 9.90 Å². The maximum absolute atomic E-state index is 12.5. The Bertz CT molecular complexity index is 673. The van der Waals surface area contributed by atoms with Gasteiger partial charge in [0, 0.05) is 43.7 Å². The lowest BCUT2D eigenvalue weighted by Gasteiger charge is -2.35. The second-order valence-electron chi connectivity index (χ2n) is 5.46. The number of rotatable bonds is 4. The van der Waals surface area contributed by atoms with Gasteiger partial charge in [-0.05, 0) is 30.8 Å². The van der Waals surface area contributed by atoms with Crippen LogP contribution in [0.15, 0.2) is 29.6 Å². The number of thiazole rings is 1. The average molecular weight is 405 g/mol. The van der Waals surface area contributed by atoms with E-state index in [1.807, 2.05) is 22.4 Å². The van der Waals surface area contributed by atoms with Crippen LogP contribution in [0.5, 0.6) is 5.75 Å². The molecule has 1 amide bonds. The minimum absolute atomic E-state index is 0. The van der Waals surface area contributed by atoms with Gasteiger partial charge in [0.05, 0.1) is 5.01 Å². The van der Waals surface area contributed by atoms with E-state index in [-0.39, 0.29) is 36.5 Å². The molecule has 138 valence electrons. The van der Waals surface area contributed by atoms with Gasteiger partial charge in [-0.1, -0.05) is 0 Å². The Morgan fingerprint density at radius 3 is 2.40 bits per heavy atom. The number of aromatic nitrogens is 1. The van der Waals surface area contributed by atoms with Gasteiger partial charge in [-0.3, -0.25) is 4.79 Å². The van der Waals surface area contributed by atoms with Crippen LogP contribution in [-0.4, -0.2) is 53.6 Å². The van der Waals surface area contributed by atoms with Gasteiger partial charge in [-0.15, -0.1) is 36.2 Å². The quantitative estimate of drug-likeness (QED) is 0.815. The van der Waals surface area contributed by atoms with Crippen molar-refractivity contribution >= 4 is 47.7 Å². The molecule has 1 aliphatic heterocycles. The van der Waals surface area contributed by atoms with Crippen molar-refractivity contribution in [2.75, 3.05) is 37.6 Å². The number of halogens is 2. The molecule has 1 fully saturated rings. The first-order chi connectivity index (χ1) is 11.2. The maximum Gasteiger partial charge on any atom is 0.273 e. The molecule has 6 nitrogen and oxygen atoms in total. The van der Waals surface area contributed by atoms with Crippen LogP contribution in [0.2, 0.25) is 0 Å². The van der Waals surface area contributed by atoms with E-state index < -0.39 is 0 Å². The number of hydrogen-bond donors (Lipinski definition) is 2. The van der Waals surface area contributed by atoms with E-state index in [9.17, 15) is 9.90 Å². The summed E-state index contributed by atoms with van der Waals surface area (Å²) >= 11 is 1.49. The molecular formula is C16H22Cl2N4O2S. The van der Waals surface area contributed by atoms with Gasteiger partial charge >= 0.3 is 0 Å². The number of nitrogens with zero attached hydrogens (tertiary/aromatic N) is 3. The number of aromatic hydroxyl groups is 1. The summed E-state index contributed by atoms with van der Waals surface area (Å²) in [5.41, 5.74) is 7.11. The summed E-state index contributed by atoms with van der Waals surface area (Å²) < 4.78 is 0. The number of phenols is 1. The number of amides is 1. The molecule has 1 aromatic carbocycles. The van der Waals surface area contributed by atoms with Crippen molar-refractivity contribution in [3.05, 3.63) is 40.3 Å². The molecule has 25 heavy (non-hydrogen) atoms. The van der Waals surface area contributed by atoms with Crippen LogP contribution in [0.4, 0.5) is 5.69 Å². The number of carbonyl (C=O) groups excluding carboxylic acids is 1. The zero-order chi connectivity index (χ0) is 16.2. The highest BCUT2D eigenvalue weighted by Crippen LogP contribution is 2.20. The number of piperazine rings is 1. The Morgan fingerprint density at radius 1 is 1.16 bits per heavy atom. The van der Waals surface area contributed by atoms with Crippen molar-refractivity contribution in [3.8, 4) is 5.75 Å². The summed E-state index contributed by atoms with van der Waals surface area (Å²) in [5.74, 6) is 0.259. The Kier molecular flexibility index (Phi) is 8.44. The van der Waals surface area contributed by atoms with Gasteiger partial charge < -0.3 is 20.6 Å². The molecule has 0 aliphatic carbocycles. The average Bonchev–Trinajstić information content (AvgIpc) is 3.04. The standard InChI is InChI=1S/C16H20N4O2S.2ClH/c17-6-5-15-18-14(11-23-15)16(22)20-9-7-19(8-10-20)12-1-3-13(21)4-2-12;;/h1-4,11,21H,5-10,17H2;2*1H. The largest absolute Gasteiger partial charge is 0.508 e. The highest BCUT2D eigenvalue weighted by molar-refractivity contribution is 7.09. The van der Waals surface area contributed by atoms with Crippen molar-refractivity contribution in [2.24, 2.45) is 5.73 Å². The van der Waals surface area contributed by atoms with E-state index >= 15 is 0 Å². The third-order valence-corrected chi connectivity index (χ3v) is 4.82. The van der Waals surface area contributed by atoms with Gasteiger partial charge in [0.25, 0.3) is 5.91 Å². The highest BCUT2D eigenvalue weighted by Gasteiger charge is 2.23. The first kappa shape index (κ1) is 21.5. The number of nitrogens with two attached hydrogens (primary N) is 1. The SMILES string of the molecule is Cl.Cl.NCCc1nc(C(=O)N2CCN(c3ccc(O)cc3)CC2)cs1. The lowest BCUT2D eigenvalue weighted by atomic mass is 10.2. The van der Waals surface area contributed by atoms with E-state index in [1.165, 1.54) is 11.3 Å². The van der Waals surface area contributed by atoms with Crippen molar-refractivity contribution in [1.82, 2.24) is 9.88 Å². The van der Waals surface area contributed by atoms with Gasteiger partial charge in [0.2, 0.25) is 0 Å². The zero-order valence-corrected chi connectivity index (χ0v) is 16.1. The Balaban J connectivity index is 0.00000156. The smallest absolute Gasteiger partial charge is 0.273 e. The normalized spacial score (nSPS) is 13.8. The summed E-state index contributed by atoms with van der Waals surface area (Å²) in [6, 6.07) is 7.15. The summed E-state index contributed by atoms with van der Waals surface area (Å²) in [6.07, 6.45) is 0.715. The molecule has 9 heteroatoms. The molecule has 0 radical (unpaired) electrons. The fourth-order valence-electron chi connectivity index (χ4n) is 2.64. The van der Waals surface area contributed by atoms with Crippen LogP contribution < -0.4 is 10.6 Å². The molecule has 1 aliphatic rings. The summed E-state index contributed by atoms with van der Waals surface area (Å²) in [7, 11) is 0. The zero-order valence-electron chi connectivity index (χ0n) is 13.6. The molecule has 2 aromatic rings. The number of hydrogen-bond acceptors (Lipinski definition) is 6. The predicted molar refractivity (Wildman–Crippen MR) is 106 cm³/mol. The Hall–Kier alpha value is -1.54. The van der Waals surface area contributed by atoms with Crippen LogP contribution in [0.25, 0.3) is 0 Å². The monoisotopic (exact) mass is 404 g/mol. The lowest BCUT2D eigenvalue weighted by Crippen LogP contribution is -2.48. The van der Waals surface area contributed by atoms with E-state index in [1.54, 1.807) is 12.1 Å². The van der Waals surface area contributed by atoms with Gasteiger partial charge in [-0.25, -0.2) is 4.98 Å². The molecule has 3 N–H and O–H groups in total. The molecule has 0 bridgehead atoms. The van der Waals surface area contributed by atoms with Gasteiger partial charge in [0.1, 0.15) is 11.4 Å². The van der Waals surface area contributed by atoms with E-state index in [4.69, 9.17) is 5.73 Å². The molecule has 1 aromatic heterocycles. The third-order valence-electron chi connectivity index (χ3n) is 3.91. The molecule has 0 atom stereocenters. The maximum atomic E-state index is 12.5. The fourth-order valence-corrected chi connectivity index (χ4v) is 3.43. The van der Waals surface area contributed by atoms with E-state index in [2.05, 4.69) is 9.88 Å². The highest BCUT2D eigenvalue weighted by atomic mass is 35.5. The number of carbonyl (C=O) groups is 1. The lowest BCUT2D eigenvalue weighted by molar-refractivity contribution is 0.0741. The molecule has 0 saturated carbocycles. The first-order valence-corrected chi connectivity index (χ1v) is 8.53. The minimum atomic E-state index is -0.00474. The summed E-state index contributed by atoms with van der Waals surface area (Å²) in [6.45, 7) is 3.44. The Labute approximate surface area is 163 Å². The summed E-state index contributed by atoms with van der Waals surface area (Å²) in [4.78, 5) is 20.9. The number of anilines is 1. The number of benzene rings is 1. The molecular weight excluding hydrogens is 383 g/mol. The van der Waals surface area contributed by atoms with Crippen molar-refractivity contribution in [1.29, 1.82) is 0 Å². The van der Waals surface area contributed by atoms with Gasteiger partial charge in [0.15, 0.2) is 0 Å². The molecule has 3 rings (SSSR count). The molecule has 1 saturated heterocycles. The van der Waals surface area contributed by atoms with Crippen LogP contribution in [0.1, 0.15) is 15.5 Å². The topological polar surface area (TPSA) is 82.7 Å². The summed E-state index contributed by atoms with van der Waals surface area (Å²) in [5, 5.41) is 12.1. The second kappa shape index (κ2) is 9.82.